The first-order valence-electron chi connectivity index (χ1n) is 10.0. The molecule has 178 valence electrons. The third kappa shape index (κ3) is 7.33. The number of ether oxygens (including phenoxy) is 3. The summed E-state index contributed by atoms with van der Waals surface area (Å²) in [7, 11) is 0. The zero-order valence-corrected chi connectivity index (χ0v) is 19.4. The van der Waals surface area contributed by atoms with E-state index in [9.17, 15) is 18.0 Å². The molecule has 0 aliphatic carbocycles. The molecular formula is C21H26ClF3N2O4S. The molecule has 0 spiro atoms. The fourth-order valence-corrected chi connectivity index (χ4v) is 4.08. The van der Waals surface area contributed by atoms with Gasteiger partial charge < -0.3 is 14.2 Å². The van der Waals surface area contributed by atoms with E-state index in [4.69, 9.17) is 14.2 Å². The van der Waals surface area contributed by atoms with Gasteiger partial charge in [-0.3, -0.25) is 4.90 Å². The monoisotopic (exact) mass is 494 g/mol. The summed E-state index contributed by atoms with van der Waals surface area (Å²) < 4.78 is 54.4. The summed E-state index contributed by atoms with van der Waals surface area (Å²) in [6, 6.07) is 7.64. The molecule has 2 atom stereocenters. The molecule has 1 saturated heterocycles. The summed E-state index contributed by atoms with van der Waals surface area (Å²) in [5, 5.41) is 0.581. The number of alkyl halides is 3. The Hall–Kier alpha value is -1.88. The number of thiazole rings is 1. The van der Waals surface area contributed by atoms with Crippen LogP contribution in [0.5, 0.6) is 5.75 Å². The fraction of sp³-hybridized carbons (Fsp3) is 0.524. The Kier molecular flexibility index (Phi) is 9.75. The van der Waals surface area contributed by atoms with Gasteiger partial charge in [-0.25, -0.2) is 9.78 Å². The van der Waals surface area contributed by atoms with Gasteiger partial charge in [-0.2, -0.15) is 13.2 Å². The number of hydrogen-bond acceptors (Lipinski definition) is 7. The standard InChI is InChI=1S/C21H25F3N2O4S.ClH/c1-3-28-19(27)12-30-16-6-4-15(5-7-16)10-14(2)26-8-9-29-18(11-26)17-13-31-20(25-17)21(22,23)24;/h4-7,13-14,18H,3,8-12H2,1-2H3;1H. The maximum Gasteiger partial charge on any atom is 0.443 e. The van der Waals surface area contributed by atoms with E-state index < -0.39 is 23.3 Å². The van der Waals surface area contributed by atoms with Gasteiger partial charge in [0.15, 0.2) is 11.6 Å². The number of aromatic nitrogens is 1. The van der Waals surface area contributed by atoms with Gasteiger partial charge in [0.05, 0.1) is 18.9 Å². The summed E-state index contributed by atoms with van der Waals surface area (Å²) in [6.07, 6.45) is -4.14. The van der Waals surface area contributed by atoms with Gasteiger partial charge in [0.1, 0.15) is 11.9 Å². The lowest BCUT2D eigenvalue weighted by Crippen LogP contribution is -2.44. The van der Waals surface area contributed by atoms with Gasteiger partial charge in [0, 0.05) is 24.5 Å². The zero-order valence-electron chi connectivity index (χ0n) is 17.8. The molecular weight excluding hydrogens is 469 g/mol. The molecule has 2 aromatic rings. The molecule has 1 fully saturated rings. The minimum absolute atomic E-state index is 0. The van der Waals surface area contributed by atoms with Crippen LogP contribution in [0.15, 0.2) is 29.6 Å². The first-order chi connectivity index (χ1) is 14.8. The van der Waals surface area contributed by atoms with Crippen molar-refractivity contribution < 1.29 is 32.2 Å². The number of hydrogen-bond donors (Lipinski definition) is 0. The topological polar surface area (TPSA) is 60.9 Å². The molecule has 0 radical (unpaired) electrons. The van der Waals surface area contributed by atoms with Crippen LogP contribution in [0, 0.1) is 0 Å². The predicted molar refractivity (Wildman–Crippen MR) is 116 cm³/mol. The lowest BCUT2D eigenvalue weighted by molar-refractivity contribution is -0.145. The van der Waals surface area contributed by atoms with Gasteiger partial charge in [0.25, 0.3) is 0 Å². The molecule has 6 nitrogen and oxygen atoms in total. The van der Waals surface area contributed by atoms with Gasteiger partial charge in [-0.15, -0.1) is 23.7 Å². The molecule has 0 saturated carbocycles. The number of nitrogens with zero attached hydrogens (tertiary/aromatic N) is 2. The highest BCUT2D eigenvalue weighted by atomic mass is 35.5. The number of halogens is 4. The predicted octanol–water partition coefficient (Wildman–Crippen LogP) is 4.53. The second-order valence-electron chi connectivity index (χ2n) is 7.22. The Morgan fingerprint density at radius 1 is 1.34 bits per heavy atom. The number of benzene rings is 1. The van der Waals surface area contributed by atoms with Crippen molar-refractivity contribution in [2.75, 3.05) is 32.9 Å². The number of rotatable bonds is 8. The van der Waals surface area contributed by atoms with Crippen LogP contribution < -0.4 is 4.74 Å². The van der Waals surface area contributed by atoms with Crippen molar-refractivity contribution in [2.24, 2.45) is 0 Å². The normalized spacial score (nSPS) is 18.0. The Labute approximate surface area is 195 Å². The van der Waals surface area contributed by atoms with Crippen LogP contribution in [0.4, 0.5) is 13.2 Å². The van der Waals surface area contributed by atoms with Crippen molar-refractivity contribution in [2.45, 2.75) is 38.6 Å². The van der Waals surface area contributed by atoms with Crippen molar-refractivity contribution in [3.8, 4) is 5.75 Å². The maximum absolute atomic E-state index is 12.8. The average molecular weight is 495 g/mol. The van der Waals surface area contributed by atoms with Gasteiger partial charge >= 0.3 is 12.1 Å². The Morgan fingerprint density at radius 3 is 2.69 bits per heavy atom. The van der Waals surface area contributed by atoms with E-state index in [1.54, 1.807) is 19.1 Å². The van der Waals surface area contributed by atoms with E-state index in [1.807, 2.05) is 12.1 Å². The molecule has 1 aliphatic rings. The minimum atomic E-state index is -4.43. The van der Waals surface area contributed by atoms with Crippen molar-refractivity contribution in [1.82, 2.24) is 9.88 Å². The van der Waals surface area contributed by atoms with Crippen LogP contribution >= 0.6 is 23.7 Å². The fourth-order valence-electron chi connectivity index (χ4n) is 3.35. The van der Waals surface area contributed by atoms with Crippen molar-refractivity contribution in [3.05, 3.63) is 45.9 Å². The van der Waals surface area contributed by atoms with Crippen LogP contribution in [0.3, 0.4) is 0 Å². The minimum Gasteiger partial charge on any atom is -0.482 e. The summed E-state index contributed by atoms with van der Waals surface area (Å²) in [5.74, 6) is 0.171. The first-order valence-corrected chi connectivity index (χ1v) is 10.9. The van der Waals surface area contributed by atoms with Crippen LogP contribution in [-0.2, 0) is 26.9 Å². The van der Waals surface area contributed by atoms with Crippen LogP contribution in [0.25, 0.3) is 0 Å². The highest BCUT2D eigenvalue weighted by molar-refractivity contribution is 7.09. The second-order valence-corrected chi connectivity index (χ2v) is 8.08. The largest absolute Gasteiger partial charge is 0.482 e. The third-order valence-corrected chi connectivity index (χ3v) is 5.84. The van der Waals surface area contributed by atoms with E-state index in [1.165, 1.54) is 5.38 Å². The first kappa shape index (κ1) is 26.4. The Bertz CT molecular complexity index is 863. The van der Waals surface area contributed by atoms with E-state index >= 15 is 0 Å². The highest BCUT2D eigenvalue weighted by Gasteiger charge is 2.36. The Balaban J connectivity index is 0.00000363. The van der Waals surface area contributed by atoms with E-state index in [-0.39, 0.29) is 25.1 Å². The SMILES string of the molecule is CCOC(=O)COc1ccc(CC(C)N2CCOC(c3csc(C(F)(F)F)n3)C2)cc1.Cl. The molecule has 0 N–H and O–H groups in total. The maximum atomic E-state index is 12.8. The van der Waals surface area contributed by atoms with Crippen LogP contribution in [0.2, 0.25) is 0 Å². The van der Waals surface area contributed by atoms with E-state index in [0.29, 0.717) is 49.1 Å². The summed E-state index contributed by atoms with van der Waals surface area (Å²) in [4.78, 5) is 17.3. The number of carbonyl (C=O) groups is 1. The van der Waals surface area contributed by atoms with Crippen molar-refractivity contribution >= 4 is 29.7 Å². The van der Waals surface area contributed by atoms with E-state index in [2.05, 4.69) is 16.8 Å². The molecule has 0 bridgehead atoms. The summed E-state index contributed by atoms with van der Waals surface area (Å²) in [5.41, 5.74) is 1.42. The molecule has 0 amide bonds. The van der Waals surface area contributed by atoms with Crippen molar-refractivity contribution in [1.29, 1.82) is 0 Å². The van der Waals surface area contributed by atoms with Gasteiger partial charge in [0.2, 0.25) is 0 Å². The lowest BCUT2D eigenvalue weighted by atomic mass is 10.0. The number of esters is 1. The molecule has 1 aromatic carbocycles. The average Bonchev–Trinajstić information content (AvgIpc) is 3.25. The molecule has 2 heterocycles. The highest BCUT2D eigenvalue weighted by Crippen LogP contribution is 2.34. The molecule has 1 aliphatic heterocycles. The molecule has 3 rings (SSSR count). The summed E-state index contributed by atoms with van der Waals surface area (Å²) >= 11 is 0.597. The number of morpholine rings is 1. The molecule has 32 heavy (non-hydrogen) atoms. The van der Waals surface area contributed by atoms with Crippen LogP contribution in [0.1, 0.15) is 36.2 Å². The van der Waals surface area contributed by atoms with Gasteiger partial charge in [-0.1, -0.05) is 12.1 Å². The van der Waals surface area contributed by atoms with Crippen LogP contribution in [-0.4, -0.2) is 54.8 Å². The second kappa shape index (κ2) is 11.8. The zero-order chi connectivity index (χ0) is 22.4. The Morgan fingerprint density at radius 2 is 2.06 bits per heavy atom. The van der Waals surface area contributed by atoms with E-state index in [0.717, 1.165) is 12.0 Å². The molecule has 1 aromatic heterocycles. The van der Waals surface area contributed by atoms with Gasteiger partial charge in [-0.05, 0) is 38.0 Å². The summed E-state index contributed by atoms with van der Waals surface area (Å²) in [6.45, 7) is 5.63. The third-order valence-electron chi connectivity index (χ3n) is 4.93. The smallest absolute Gasteiger partial charge is 0.443 e. The lowest BCUT2D eigenvalue weighted by Gasteiger charge is -2.36. The quantitative estimate of drug-likeness (QED) is 0.502. The molecule has 2 unspecified atom stereocenters. The molecule has 11 heteroatoms. The van der Waals surface area contributed by atoms with Crippen molar-refractivity contribution in [3.63, 3.8) is 0 Å². The number of carbonyl (C=O) groups excluding carboxylic acids is 1.